The van der Waals surface area contributed by atoms with Crippen LogP contribution < -0.4 is 16.0 Å². The van der Waals surface area contributed by atoms with Crippen LogP contribution in [0.5, 0.6) is 0 Å². The minimum Gasteiger partial charge on any atom is -0.480 e. The number of rotatable bonds is 11. The highest BCUT2D eigenvalue weighted by atomic mass is 32.2. The molecule has 5 N–H and O–H groups in total. The van der Waals surface area contributed by atoms with E-state index in [1.54, 1.807) is 32.5 Å². The maximum Gasteiger partial charge on any atom is 0.408 e. The molecule has 190 valence electrons. The number of hydrogen-bond donors (Lipinski definition) is 5. The molecule has 0 bridgehead atoms. The Morgan fingerprint density at radius 1 is 1.09 bits per heavy atom. The van der Waals surface area contributed by atoms with Gasteiger partial charge in [0, 0.05) is 12.5 Å². The van der Waals surface area contributed by atoms with Crippen LogP contribution in [0.1, 0.15) is 59.8 Å². The number of thioether (sulfide) groups is 1. The van der Waals surface area contributed by atoms with Crippen molar-refractivity contribution < 1.29 is 34.1 Å². The number of carboxylic acid groups (broad SMARTS) is 1. The van der Waals surface area contributed by atoms with Gasteiger partial charge in [-0.1, -0.05) is 0 Å². The van der Waals surface area contributed by atoms with Gasteiger partial charge in [0.2, 0.25) is 11.8 Å². The third-order valence-corrected chi connectivity index (χ3v) is 6.09. The minimum atomic E-state index is -1.33. The Bertz CT molecular complexity index is 673. The minimum absolute atomic E-state index is 0.188. The highest BCUT2D eigenvalue weighted by Gasteiger charge is 2.32. The third kappa shape index (κ3) is 11.1. The van der Waals surface area contributed by atoms with Gasteiger partial charge in [-0.05, 0) is 77.7 Å². The summed E-state index contributed by atoms with van der Waals surface area (Å²) in [5, 5.41) is 26.6. The van der Waals surface area contributed by atoms with Crippen LogP contribution in [0, 0.1) is 11.8 Å². The lowest BCUT2D eigenvalue weighted by Gasteiger charge is -2.29. The maximum atomic E-state index is 12.7. The summed E-state index contributed by atoms with van der Waals surface area (Å²) in [5.74, 6) is -1.34. The molecule has 0 aromatic rings. The molecular formula is C22H39N3O7S. The highest BCUT2D eigenvalue weighted by Crippen LogP contribution is 2.28. The van der Waals surface area contributed by atoms with Gasteiger partial charge >= 0.3 is 12.1 Å². The lowest BCUT2D eigenvalue weighted by atomic mass is 9.81. The van der Waals surface area contributed by atoms with Gasteiger partial charge in [0.25, 0.3) is 0 Å². The summed E-state index contributed by atoms with van der Waals surface area (Å²) < 4.78 is 5.26. The number of carbonyl (C=O) groups excluding carboxylic acids is 3. The van der Waals surface area contributed by atoms with E-state index in [0.29, 0.717) is 44.4 Å². The van der Waals surface area contributed by atoms with Crippen LogP contribution in [-0.2, 0) is 19.1 Å². The number of aliphatic carboxylic acids is 1. The van der Waals surface area contributed by atoms with Crippen LogP contribution in [-0.4, -0.2) is 76.4 Å². The van der Waals surface area contributed by atoms with E-state index >= 15 is 0 Å². The average Bonchev–Trinajstić information content (AvgIpc) is 2.71. The number of ether oxygens (including phenoxy) is 1. The zero-order valence-corrected chi connectivity index (χ0v) is 21.0. The number of carboxylic acids is 1. The molecule has 0 spiro atoms. The third-order valence-electron chi connectivity index (χ3n) is 5.45. The summed E-state index contributed by atoms with van der Waals surface area (Å²) in [4.78, 5) is 48.3. The predicted molar refractivity (Wildman–Crippen MR) is 126 cm³/mol. The van der Waals surface area contributed by atoms with Crippen LogP contribution in [0.2, 0.25) is 0 Å². The second kappa shape index (κ2) is 13.6. The molecule has 0 heterocycles. The van der Waals surface area contributed by atoms with Crippen molar-refractivity contribution in [3.8, 4) is 0 Å². The normalized spacial score (nSPS) is 21.3. The second-order valence-electron chi connectivity index (χ2n) is 9.51. The molecule has 10 nitrogen and oxygen atoms in total. The van der Waals surface area contributed by atoms with Gasteiger partial charge < -0.3 is 30.9 Å². The first-order chi connectivity index (χ1) is 15.3. The molecule has 0 saturated heterocycles. The number of nitrogens with one attached hydrogen (secondary N) is 3. The summed E-state index contributed by atoms with van der Waals surface area (Å²) >= 11 is 1.58. The van der Waals surface area contributed by atoms with Crippen LogP contribution >= 0.6 is 11.8 Å². The summed E-state index contributed by atoms with van der Waals surface area (Å²) in [6, 6.07) is -2.02. The molecule has 0 aromatic heterocycles. The average molecular weight is 490 g/mol. The fraction of sp³-hybridized carbons (Fsp3) is 0.818. The predicted octanol–water partition coefficient (Wildman–Crippen LogP) is 1.51. The Morgan fingerprint density at radius 3 is 2.18 bits per heavy atom. The van der Waals surface area contributed by atoms with E-state index in [2.05, 4.69) is 16.0 Å². The number of aliphatic hydroxyl groups is 1. The summed E-state index contributed by atoms with van der Waals surface area (Å²) in [6.45, 7) is 7.03. The van der Waals surface area contributed by atoms with E-state index < -0.39 is 35.9 Å². The largest absolute Gasteiger partial charge is 0.480 e. The smallest absolute Gasteiger partial charge is 0.408 e. The van der Waals surface area contributed by atoms with Gasteiger partial charge in [-0.3, -0.25) is 9.59 Å². The van der Waals surface area contributed by atoms with Crippen molar-refractivity contribution >= 4 is 35.6 Å². The first kappa shape index (κ1) is 29.0. The van der Waals surface area contributed by atoms with Crippen molar-refractivity contribution in [3.05, 3.63) is 0 Å². The highest BCUT2D eigenvalue weighted by molar-refractivity contribution is 7.98. The first-order valence-electron chi connectivity index (χ1n) is 11.3. The Kier molecular flexibility index (Phi) is 12.0. The van der Waals surface area contributed by atoms with E-state index in [-0.39, 0.29) is 23.7 Å². The van der Waals surface area contributed by atoms with Crippen LogP contribution in [0.15, 0.2) is 0 Å². The molecule has 1 rings (SSSR count). The van der Waals surface area contributed by atoms with Gasteiger partial charge in [0.15, 0.2) is 6.04 Å². The molecular weight excluding hydrogens is 450 g/mol. The van der Waals surface area contributed by atoms with Crippen LogP contribution in [0.4, 0.5) is 4.79 Å². The zero-order chi connectivity index (χ0) is 25.2. The van der Waals surface area contributed by atoms with Crippen molar-refractivity contribution in [3.63, 3.8) is 0 Å². The number of amides is 3. The van der Waals surface area contributed by atoms with Crippen molar-refractivity contribution in [1.29, 1.82) is 0 Å². The summed E-state index contributed by atoms with van der Waals surface area (Å²) in [6.07, 6.45) is 3.15. The molecule has 1 aliphatic rings. The molecule has 0 aliphatic heterocycles. The Hall–Kier alpha value is -2.01. The molecule has 3 unspecified atom stereocenters. The monoisotopic (exact) mass is 489 g/mol. The fourth-order valence-corrected chi connectivity index (χ4v) is 4.08. The van der Waals surface area contributed by atoms with Crippen molar-refractivity contribution in [2.24, 2.45) is 11.8 Å². The summed E-state index contributed by atoms with van der Waals surface area (Å²) in [5.41, 5.74) is -0.657. The molecule has 1 aliphatic carbocycles. The lowest BCUT2D eigenvalue weighted by molar-refractivity contribution is -0.145. The first-order valence-corrected chi connectivity index (χ1v) is 12.7. The van der Waals surface area contributed by atoms with E-state index in [1.807, 2.05) is 6.26 Å². The van der Waals surface area contributed by atoms with Crippen molar-refractivity contribution in [1.82, 2.24) is 16.0 Å². The summed E-state index contributed by atoms with van der Waals surface area (Å²) in [7, 11) is 0. The van der Waals surface area contributed by atoms with Gasteiger partial charge in [0.1, 0.15) is 11.6 Å². The standard InChI is InChI=1S/C22H39N3O7S/c1-13(26)17(20(29)30)25-18(27)15-8-6-14(7-9-15)12-23-19(28)16(10-11-33-5)24-21(31)32-22(2,3)4/h13-17,26H,6-12H2,1-5H3,(H,23,28)(H,24,31)(H,25,27)(H,29,30). The molecule has 0 radical (unpaired) electrons. The zero-order valence-electron chi connectivity index (χ0n) is 20.2. The van der Waals surface area contributed by atoms with E-state index in [4.69, 9.17) is 9.84 Å². The van der Waals surface area contributed by atoms with Gasteiger partial charge in [-0.25, -0.2) is 9.59 Å². The number of hydrogen-bond acceptors (Lipinski definition) is 7. The van der Waals surface area contributed by atoms with Gasteiger partial charge in [0.05, 0.1) is 6.10 Å². The number of alkyl carbamates (subject to hydrolysis) is 1. The number of carbonyl (C=O) groups is 4. The topological polar surface area (TPSA) is 154 Å². The molecule has 1 saturated carbocycles. The van der Waals surface area contributed by atoms with E-state index in [9.17, 15) is 24.3 Å². The molecule has 1 fully saturated rings. The Labute approximate surface area is 200 Å². The number of aliphatic hydroxyl groups excluding tert-OH is 1. The fourth-order valence-electron chi connectivity index (χ4n) is 3.61. The van der Waals surface area contributed by atoms with Crippen LogP contribution in [0.25, 0.3) is 0 Å². The molecule has 3 atom stereocenters. The van der Waals surface area contributed by atoms with Gasteiger partial charge in [-0.2, -0.15) is 11.8 Å². The molecule has 3 amide bonds. The molecule has 0 aromatic carbocycles. The Balaban J connectivity index is 2.51. The quantitative estimate of drug-likeness (QED) is 0.293. The Morgan fingerprint density at radius 2 is 1.70 bits per heavy atom. The molecule has 33 heavy (non-hydrogen) atoms. The van der Waals surface area contributed by atoms with Crippen molar-refractivity contribution in [2.75, 3.05) is 18.6 Å². The second-order valence-corrected chi connectivity index (χ2v) is 10.5. The van der Waals surface area contributed by atoms with E-state index in [0.717, 1.165) is 0 Å². The van der Waals surface area contributed by atoms with Crippen molar-refractivity contribution in [2.45, 2.75) is 83.6 Å². The molecule has 11 heteroatoms. The van der Waals surface area contributed by atoms with E-state index in [1.165, 1.54) is 6.92 Å². The SMILES string of the molecule is CSCCC(NC(=O)OC(C)(C)C)C(=O)NCC1CCC(C(=O)NC(C(=O)O)C(C)O)CC1. The van der Waals surface area contributed by atoms with Crippen LogP contribution in [0.3, 0.4) is 0 Å². The lowest BCUT2D eigenvalue weighted by Crippen LogP contribution is -2.50. The maximum absolute atomic E-state index is 12.7. The van der Waals surface area contributed by atoms with Gasteiger partial charge in [-0.15, -0.1) is 0 Å².